The van der Waals surface area contributed by atoms with E-state index in [0.717, 1.165) is 18.5 Å². The lowest BCUT2D eigenvalue weighted by Crippen LogP contribution is -2.40. The average Bonchev–Trinajstić information content (AvgIpc) is 2.96. The molecular weight excluding hydrogens is 306 g/mol. The van der Waals surface area contributed by atoms with E-state index in [-0.39, 0.29) is 18.0 Å². The van der Waals surface area contributed by atoms with Gasteiger partial charge in [-0.15, -0.1) is 5.10 Å². The van der Waals surface area contributed by atoms with Crippen LogP contribution in [0.1, 0.15) is 24.7 Å². The van der Waals surface area contributed by atoms with Crippen LogP contribution in [0.25, 0.3) is 0 Å². The molecule has 0 aliphatic carbocycles. The van der Waals surface area contributed by atoms with Crippen LogP contribution >= 0.6 is 11.6 Å². The van der Waals surface area contributed by atoms with Crippen molar-refractivity contribution in [3.63, 3.8) is 0 Å². The highest BCUT2D eigenvalue weighted by molar-refractivity contribution is 6.30. The molecule has 2 aromatic rings. The number of nitrogens with one attached hydrogen (secondary N) is 1. The standard InChI is InChI=1S/C14H16ClN5O2/c15-10-1-3-11(4-2-10)17-14(21)20-7-5-9(6-8-20)12-18-19-13(16)22-12/h1-4,9H,5-8H2,(H2,16,19)(H,17,21). The summed E-state index contributed by atoms with van der Waals surface area (Å²) in [6, 6.07) is 6.98. The summed E-state index contributed by atoms with van der Waals surface area (Å²) in [5.74, 6) is 0.708. The van der Waals surface area contributed by atoms with Crippen LogP contribution in [0.3, 0.4) is 0 Å². The number of piperidine rings is 1. The van der Waals surface area contributed by atoms with Gasteiger partial charge >= 0.3 is 12.0 Å². The molecule has 7 nitrogen and oxygen atoms in total. The molecule has 0 atom stereocenters. The summed E-state index contributed by atoms with van der Waals surface area (Å²) >= 11 is 5.82. The molecule has 1 aromatic heterocycles. The minimum atomic E-state index is -0.120. The first-order valence-corrected chi connectivity index (χ1v) is 7.40. The van der Waals surface area contributed by atoms with Gasteiger partial charge in [-0.05, 0) is 37.1 Å². The average molecular weight is 322 g/mol. The first-order chi connectivity index (χ1) is 10.6. The zero-order chi connectivity index (χ0) is 15.5. The summed E-state index contributed by atoms with van der Waals surface area (Å²) in [5, 5.41) is 11.1. The fourth-order valence-electron chi connectivity index (χ4n) is 2.48. The molecule has 0 saturated carbocycles. The number of aromatic nitrogens is 2. The van der Waals surface area contributed by atoms with Crippen molar-refractivity contribution in [2.75, 3.05) is 24.1 Å². The van der Waals surface area contributed by atoms with E-state index in [9.17, 15) is 4.79 Å². The van der Waals surface area contributed by atoms with Gasteiger partial charge in [0.1, 0.15) is 0 Å². The van der Waals surface area contributed by atoms with Crippen molar-refractivity contribution >= 4 is 29.3 Å². The van der Waals surface area contributed by atoms with E-state index in [1.165, 1.54) is 0 Å². The van der Waals surface area contributed by atoms with Gasteiger partial charge in [-0.3, -0.25) is 0 Å². The Morgan fingerprint density at radius 2 is 1.95 bits per heavy atom. The lowest BCUT2D eigenvalue weighted by molar-refractivity contribution is 0.190. The zero-order valence-electron chi connectivity index (χ0n) is 11.8. The van der Waals surface area contributed by atoms with Gasteiger partial charge in [-0.25, -0.2) is 4.79 Å². The van der Waals surface area contributed by atoms with Crippen LogP contribution in [0.2, 0.25) is 5.02 Å². The molecule has 1 saturated heterocycles. The van der Waals surface area contributed by atoms with Gasteiger partial charge < -0.3 is 20.4 Å². The summed E-state index contributed by atoms with van der Waals surface area (Å²) in [7, 11) is 0. The highest BCUT2D eigenvalue weighted by atomic mass is 35.5. The number of nitrogens with two attached hydrogens (primary N) is 1. The predicted octanol–water partition coefficient (Wildman–Crippen LogP) is 2.72. The smallest absolute Gasteiger partial charge is 0.321 e. The van der Waals surface area contributed by atoms with Gasteiger partial charge in [0, 0.05) is 29.7 Å². The Morgan fingerprint density at radius 1 is 1.27 bits per heavy atom. The fraction of sp³-hybridized carbons (Fsp3) is 0.357. The molecule has 0 unspecified atom stereocenters. The van der Waals surface area contributed by atoms with Crippen molar-refractivity contribution in [1.82, 2.24) is 15.1 Å². The van der Waals surface area contributed by atoms with Crippen molar-refractivity contribution in [3.05, 3.63) is 35.2 Å². The molecule has 1 fully saturated rings. The normalized spacial score (nSPS) is 15.8. The van der Waals surface area contributed by atoms with Crippen LogP contribution in [0.5, 0.6) is 0 Å². The van der Waals surface area contributed by atoms with E-state index in [2.05, 4.69) is 15.5 Å². The summed E-state index contributed by atoms with van der Waals surface area (Å²) in [5.41, 5.74) is 6.16. The number of rotatable bonds is 2. The minimum absolute atomic E-state index is 0.0814. The van der Waals surface area contributed by atoms with Crippen LogP contribution in [-0.4, -0.2) is 34.2 Å². The highest BCUT2D eigenvalue weighted by Gasteiger charge is 2.27. The molecule has 116 valence electrons. The van der Waals surface area contributed by atoms with E-state index in [1.54, 1.807) is 29.2 Å². The van der Waals surface area contributed by atoms with E-state index in [4.69, 9.17) is 21.8 Å². The van der Waals surface area contributed by atoms with E-state index in [1.807, 2.05) is 0 Å². The quantitative estimate of drug-likeness (QED) is 0.886. The summed E-state index contributed by atoms with van der Waals surface area (Å²) in [6.07, 6.45) is 1.55. The fourth-order valence-corrected chi connectivity index (χ4v) is 2.60. The number of halogens is 1. The Labute approximate surface area is 132 Å². The van der Waals surface area contributed by atoms with Gasteiger partial charge in [-0.2, -0.15) is 0 Å². The first-order valence-electron chi connectivity index (χ1n) is 7.02. The number of carbonyl (C=O) groups excluding carboxylic acids is 1. The molecular formula is C14H16ClN5O2. The maximum atomic E-state index is 12.2. The van der Waals surface area contributed by atoms with Crippen molar-refractivity contribution < 1.29 is 9.21 Å². The predicted molar refractivity (Wildman–Crippen MR) is 82.7 cm³/mol. The van der Waals surface area contributed by atoms with Gasteiger partial charge in [0.15, 0.2) is 0 Å². The molecule has 3 rings (SSSR count). The molecule has 0 radical (unpaired) electrons. The summed E-state index contributed by atoms with van der Waals surface area (Å²) in [6.45, 7) is 1.26. The van der Waals surface area contributed by atoms with Crippen LogP contribution in [0.15, 0.2) is 28.7 Å². The molecule has 1 aliphatic rings. The van der Waals surface area contributed by atoms with Crippen LogP contribution < -0.4 is 11.1 Å². The number of hydrogen-bond acceptors (Lipinski definition) is 5. The molecule has 1 aliphatic heterocycles. The lowest BCUT2D eigenvalue weighted by atomic mass is 9.97. The number of nitrogen functional groups attached to an aromatic ring is 1. The summed E-state index contributed by atoms with van der Waals surface area (Å²) < 4.78 is 5.25. The maximum Gasteiger partial charge on any atom is 0.321 e. The highest BCUT2D eigenvalue weighted by Crippen LogP contribution is 2.27. The van der Waals surface area contributed by atoms with Gasteiger partial charge in [0.25, 0.3) is 0 Å². The number of nitrogens with zero attached hydrogens (tertiary/aromatic N) is 3. The Balaban J connectivity index is 1.54. The van der Waals surface area contributed by atoms with Crippen molar-refractivity contribution in [1.29, 1.82) is 0 Å². The Morgan fingerprint density at radius 3 is 2.55 bits per heavy atom. The number of urea groups is 1. The molecule has 8 heteroatoms. The van der Waals surface area contributed by atoms with Gasteiger partial charge in [0.05, 0.1) is 0 Å². The zero-order valence-corrected chi connectivity index (χ0v) is 12.6. The number of benzene rings is 1. The molecule has 3 N–H and O–H groups in total. The molecule has 2 heterocycles. The third-order valence-electron chi connectivity index (χ3n) is 3.68. The number of anilines is 2. The maximum absolute atomic E-state index is 12.2. The number of carbonyl (C=O) groups is 1. The first kappa shape index (κ1) is 14.6. The molecule has 0 spiro atoms. The van der Waals surface area contributed by atoms with Crippen LogP contribution in [0.4, 0.5) is 16.5 Å². The van der Waals surface area contributed by atoms with E-state index >= 15 is 0 Å². The Kier molecular flexibility index (Phi) is 4.15. The van der Waals surface area contributed by atoms with Crippen molar-refractivity contribution in [2.45, 2.75) is 18.8 Å². The number of likely N-dealkylation sites (tertiary alicyclic amines) is 1. The second-order valence-corrected chi connectivity index (χ2v) is 5.61. The van der Waals surface area contributed by atoms with E-state index in [0.29, 0.717) is 24.0 Å². The second-order valence-electron chi connectivity index (χ2n) is 5.18. The van der Waals surface area contributed by atoms with Gasteiger partial charge in [0.2, 0.25) is 5.89 Å². The number of hydrogen-bond donors (Lipinski definition) is 2. The SMILES string of the molecule is Nc1nnc(C2CCN(C(=O)Nc3ccc(Cl)cc3)CC2)o1. The third-order valence-corrected chi connectivity index (χ3v) is 3.94. The van der Waals surface area contributed by atoms with Crippen molar-refractivity contribution in [2.24, 2.45) is 0 Å². The Bertz CT molecular complexity index is 650. The largest absolute Gasteiger partial charge is 0.408 e. The van der Waals surface area contributed by atoms with Gasteiger partial charge in [-0.1, -0.05) is 16.7 Å². The lowest BCUT2D eigenvalue weighted by Gasteiger charge is -2.30. The summed E-state index contributed by atoms with van der Waals surface area (Å²) in [4.78, 5) is 14.0. The molecule has 22 heavy (non-hydrogen) atoms. The third kappa shape index (κ3) is 3.30. The second kappa shape index (κ2) is 6.23. The molecule has 1 aromatic carbocycles. The number of amides is 2. The molecule has 2 amide bonds. The van der Waals surface area contributed by atoms with Crippen LogP contribution in [0, 0.1) is 0 Å². The monoisotopic (exact) mass is 321 g/mol. The van der Waals surface area contributed by atoms with Crippen LogP contribution in [-0.2, 0) is 0 Å². The Hall–Kier alpha value is -2.28. The van der Waals surface area contributed by atoms with Crippen molar-refractivity contribution in [3.8, 4) is 0 Å². The topological polar surface area (TPSA) is 97.3 Å². The minimum Gasteiger partial charge on any atom is -0.408 e. The van der Waals surface area contributed by atoms with E-state index < -0.39 is 0 Å². The molecule has 0 bridgehead atoms.